The number of amides is 1. The molecule has 0 aromatic carbocycles. The summed E-state index contributed by atoms with van der Waals surface area (Å²) in [7, 11) is 0. The largest absolute Gasteiger partial charge is 0.434 e. The molecule has 1 atom stereocenters. The van der Waals surface area contributed by atoms with Gasteiger partial charge in [-0.15, -0.1) is 24.8 Å². The second kappa shape index (κ2) is 10.3. The van der Waals surface area contributed by atoms with Crippen molar-refractivity contribution in [3.05, 3.63) is 40.8 Å². The van der Waals surface area contributed by atoms with Crippen LogP contribution in [0.15, 0.2) is 24.5 Å². The van der Waals surface area contributed by atoms with Gasteiger partial charge in [-0.1, -0.05) is 11.6 Å². The van der Waals surface area contributed by atoms with E-state index < -0.39 is 23.3 Å². The van der Waals surface area contributed by atoms with Gasteiger partial charge in [0.15, 0.2) is 11.5 Å². The van der Waals surface area contributed by atoms with Gasteiger partial charge >= 0.3 is 6.18 Å². The predicted octanol–water partition coefficient (Wildman–Crippen LogP) is 3.51. The van der Waals surface area contributed by atoms with E-state index in [1.165, 1.54) is 18.3 Å². The first kappa shape index (κ1) is 24.5. The first-order valence-corrected chi connectivity index (χ1v) is 8.50. The number of nitrogens with one attached hydrogen (secondary N) is 2. The lowest BCUT2D eigenvalue weighted by Crippen LogP contribution is -2.29. The number of hydrogen-bond donors (Lipinski definition) is 2. The molecule has 28 heavy (non-hydrogen) atoms. The Morgan fingerprint density at radius 2 is 2.14 bits per heavy atom. The Hall–Kier alpha value is -1.55. The van der Waals surface area contributed by atoms with Crippen molar-refractivity contribution in [2.24, 2.45) is 5.92 Å². The minimum absolute atomic E-state index is 0. The van der Waals surface area contributed by atoms with Crippen molar-refractivity contribution < 1.29 is 18.0 Å². The van der Waals surface area contributed by atoms with Crippen LogP contribution in [0.3, 0.4) is 0 Å². The van der Waals surface area contributed by atoms with Crippen molar-refractivity contribution in [1.29, 1.82) is 0 Å². The summed E-state index contributed by atoms with van der Waals surface area (Å²) in [6.07, 6.45) is -0.891. The van der Waals surface area contributed by atoms with Crippen LogP contribution < -0.4 is 10.6 Å². The Morgan fingerprint density at radius 1 is 1.39 bits per heavy atom. The highest BCUT2D eigenvalue weighted by Gasteiger charge is 2.41. The van der Waals surface area contributed by atoms with E-state index in [1.807, 2.05) is 0 Å². The lowest BCUT2D eigenvalue weighted by atomic mass is 10.1. The smallest absolute Gasteiger partial charge is 0.352 e. The molecule has 1 saturated heterocycles. The van der Waals surface area contributed by atoms with E-state index in [-0.39, 0.29) is 35.7 Å². The minimum atomic E-state index is -4.79. The van der Waals surface area contributed by atoms with Crippen LogP contribution in [-0.4, -0.2) is 40.3 Å². The number of carbonyl (C=O) groups is 1. The number of aromatic nitrogens is 3. The van der Waals surface area contributed by atoms with Crippen molar-refractivity contribution in [3.63, 3.8) is 0 Å². The van der Waals surface area contributed by atoms with Gasteiger partial charge in [0.05, 0.1) is 16.8 Å². The maximum Gasteiger partial charge on any atom is 0.434 e. The number of rotatable bonds is 5. The van der Waals surface area contributed by atoms with Crippen LogP contribution in [0, 0.1) is 5.92 Å². The molecule has 0 spiro atoms. The third kappa shape index (κ3) is 5.50. The molecular formula is C16H19Cl3F3N5O. The average Bonchev–Trinajstić information content (AvgIpc) is 3.24. The molecule has 12 heteroatoms. The topological polar surface area (TPSA) is 71.8 Å². The van der Waals surface area contributed by atoms with Gasteiger partial charge in [0.1, 0.15) is 0 Å². The number of nitrogens with zero attached hydrogens (tertiary/aromatic N) is 3. The molecule has 0 aliphatic carbocycles. The summed E-state index contributed by atoms with van der Waals surface area (Å²) in [6, 6.07) is 2.90. The Morgan fingerprint density at radius 3 is 2.75 bits per heavy atom. The van der Waals surface area contributed by atoms with Crippen LogP contribution >= 0.6 is 36.4 Å². The van der Waals surface area contributed by atoms with Gasteiger partial charge < -0.3 is 10.6 Å². The number of alkyl halides is 3. The van der Waals surface area contributed by atoms with Gasteiger partial charge in [-0.25, -0.2) is 9.67 Å². The fourth-order valence-electron chi connectivity index (χ4n) is 2.93. The third-order valence-electron chi connectivity index (χ3n) is 4.22. The number of pyridine rings is 1. The van der Waals surface area contributed by atoms with Gasteiger partial charge in [0.25, 0.3) is 5.91 Å². The van der Waals surface area contributed by atoms with Crippen molar-refractivity contribution >= 4 is 42.3 Å². The molecule has 3 rings (SSSR count). The molecule has 1 unspecified atom stereocenters. The molecule has 2 N–H and O–H groups in total. The lowest BCUT2D eigenvalue weighted by molar-refractivity contribution is -0.143. The molecule has 3 heterocycles. The predicted molar refractivity (Wildman–Crippen MR) is 104 cm³/mol. The summed E-state index contributed by atoms with van der Waals surface area (Å²) < 4.78 is 41.3. The summed E-state index contributed by atoms with van der Waals surface area (Å²) in [5, 5.41) is 9.45. The van der Waals surface area contributed by atoms with E-state index in [2.05, 4.69) is 20.7 Å². The zero-order valence-corrected chi connectivity index (χ0v) is 16.9. The Kier molecular flexibility index (Phi) is 9.00. The Labute approximate surface area is 177 Å². The van der Waals surface area contributed by atoms with Crippen molar-refractivity contribution in [2.45, 2.75) is 19.0 Å². The van der Waals surface area contributed by atoms with E-state index in [0.29, 0.717) is 23.6 Å². The van der Waals surface area contributed by atoms with Crippen LogP contribution in [0.1, 0.15) is 28.9 Å². The number of halogens is 6. The molecule has 1 amide bonds. The Balaban J connectivity index is 0.00000196. The molecule has 2 aromatic rings. The standard InChI is InChI=1S/C16H17ClF3N5O.2ClH/c17-12-2-1-5-22-14(12)25-13(16(18,19)20)11(9-24-25)15(26)23-7-4-10-3-6-21-8-10;;/h1-2,5,9-10,21H,3-4,6-8H2,(H,23,26);2*1H. The molecule has 2 aromatic heterocycles. The molecule has 0 saturated carbocycles. The highest BCUT2D eigenvalue weighted by atomic mass is 35.5. The maximum absolute atomic E-state index is 13.6. The highest BCUT2D eigenvalue weighted by Crippen LogP contribution is 2.34. The third-order valence-corrected chi connectivity index (χ3v) is 4.52. The molecular weight excluding hydrogens is 442 g/mol. The first-order chi connectivity index (χ1) is 12.4. The van der Waals surface area contributed by atoms with Gasteiger partial charge in [-0.2, -0.15) is 18.3 Å². The van der Waals surface area contributed by atoms with Crippen LogP contribution in [-0.2, 0) is 6.18 Å². The van der Waals surface area contributed by atoms with Gasteiger partial charge in [0, 0.05) is 12.7 Å². The summed E-state index contributed by atoms with van der Waals surface area (Å²) in [5.74, 6) is -0.577. The zero-order valence-electron chi connectivity index (χ0n) is 14.5. The molecule has 1 aliphatic rings. The van der Waals surface area contributed by atoms with Crippen LogP contribution in [0.25, 0.3) is 5.82 Å². The fourth-order valence-corrected chi connectivity index (χ4v) is 3.13. The second-order valence-electron chi connectivity index (χ2n) is 6.03. The van der Waals surface area contributed by atoms with E-state index in [0.717, 1.165) is 25.7 Å². The molecule has 156 valence electrons. The molecule has 0 radical (unpaired) electrons. The summed E-state index contributed by atoms with van der Waals surface area (Å²) in [5.41, 5.74) is -1.75. The number of carbonyl (C=O) groups excluding carboxylic acids is 1. The van der Waals surface area contributed by atoms with Gasteiger partial charge in [0.2, 0.25) is 0 Å². The molecule has 1 aliphatic heterocycles. The normalized spacial score (nSPS) is 16.2. The molecule has 6 nitrogen and oxygen atoms in total. The Bertz CT molecular complexity index is 794. The van der Waals surface area contributed by atoms with E-state index in [4.69, 9.17) is 11.6 Å². The first-order valence-electron chi connectivity index (χ1n) is 8.13. The maximum atomic E-state index is 13.6. The quantitative estimate of drug-likeness (QED) is 0.716. The van der Waals surface area contributed by atoms with E-state index in [9.17, 15) is 18.0 Å². The summed E-state index contributed by atoms with van der Waals surface area (Å²) in [4.78, 5) is 16.1. The second-order valence-corrected chi connectivity index (χ2v) is 6.44. The summed E-state index contributed by atoms with van der Waals surface area (Å²) in [6.45, 7) is 2.09. The van der Waals surface area contributed by atoms with Crippen LogP contribution in [0.5, 0.6) is 0 Å². The van der Waals surface area contributed by atoms with Crippen molar-refractivity contribution in [3.8, 4) is 5.82 Å². The van der Waals surface area contributed by atoms with Crippen molar-refractivity contribution in [2.75, 3.05) is 19.6 Å². The van der Waals surface area contributed by atoms with Gasteiger partial charge in [-0.3, -0.25) is 4.79 Å². The monoisotopic (exact) mass is 459 g/mol. The fraction of sp³-hybridized carbons (Fsp3) is 0.438. The van der Waals surface area contributed by atoms with Gasteiger partial charge in [-0.05, 0) is 44.0 Å². The highest BCUT2D eigenvalue weighted by molar-refractivity contribution is 6.32. The average molecular weight is 461 g/mol. The van der Waals surface area contributed by atoms with Crippen LogP contribution in [0.2, 0.25) is 5.02 Å². The molecule has 1 fully saturated rings. The zero-order chi connectivity index (χ0) is 18.7. The molecule has 0 bridgehead atoms. The minimum Gasteiger partial charge on any atom is -0.352 e. The van der Waals surface area contributed by atoms with E-state index in [1.54, 1.807) is 0 Å². The SMILES string of the molecule is Cl.Cl.O=C(NCCC1CCNC1)c1cnn(-c2ncccc2Cl)c1C(F)(F)F. The van der Waals surface area contributed by atoms with Crippen molar-refractivity contribution in [1.82, 2.24) is 25.4 Å². The van der Waals surface area contributed by atoms with E-state index >= 15 is 0 Å². The van der Waals surface area contributed by atoms with Crippen LogP contribution in [0.4, 0.5) is 13.2 Å². The lowest BCUT2D eigenvalue weighted by Gasteiger charge is -2.13. The number of hydrogen-bond acceptors (Lipinski definition) is 4. The summed E-state index contributed by atoms with van der Waals surface area (Å²) >= 11 is 5.93.